The minimum atomic E-state index is -4.50. The fourth-order valence-electron chi connectivity index (χ4n) is 1.82. The number of phosphoric ester groups is 1. The average molecular weight is 460 g/mol. The summed E-state index contributed by atoms with van der Waals surface area (Å²) in [5.41, 5.74) is 6.05. The Kier molecular flexibility index (Phi) is 17.6. The Balaban J connectivity index is 4.24. The molecule has 33 heavy (non-hydrogen) atoms. The van der Waals surface area contributed by atoms with Crippen molar-refractivity contribution in [2.75, 3.05) is 13.2 Å². The number of phosphoric acid groups is 1. The molecule has 0 saturated carbocycles. The first-order chi connectivity index (χ1) is 15.9. The van der Waals surface area contributed by atoms with E-state index in [0.717, 1.165) is 24.8 Å². The summed E-state index contributed by atoms with van der Waals surface area (Å²) in [7, 11) is -4.50. The van der Waals surface area contributed by atoms with E-state index >= 15 is 0 Å². The second-order valence-corrected chi connectivity index (χ2v) is 7.22. The fourth-order valence-corrected chi connectivity index (χ4v) is 2.39. The zero-order valence-corrected chi connectivity index (χ0v) is 19.5. The summed E-state index contributed by atoms with van der Waals surface area (Å²) < 4.78 is 20.6. The molecule has 0 aliphatic rings. The molecule has 1 atom stereocenters. The maximum Gasteiger partial charge on any atom is 0.328 e. The van der Waals surface area contributed by atoms with E-state index in [2.05, 4.69) is 97.5 Å². The first-order valence-corrected chi connectivity index (χ1v) is 11.4. The van der Waals surface area contributed by atoms with Gasteiger partial charge in [-0.1, -0.05) is 31.2 Å². The molecule has 168 valence electrons. The monoisotopic (exact) mass is 460 g/mol. The average Bonchev–Trinajstić information content (AvgIpc) is 2.77. The zero-order valence-electron chi connectivity index (χ0n) is 18.6. The van der Waals surface area contributed by atoms with Gasteiger partial charge in [0.2, 0.25) is 5.91 Å². The lowest BCUT2D eigenvalue weighted by Gasteiger charge is -2.18. The smallest absolute Gasteiger partial charge is 0.328 e. The standard InChI is InChI=1S/C26H24NO5P/c1-4-20-26(5-2)21-16-12-10-8-6-7-9-11-14-18-23-31-33(29,30)32-24-19-15-13-17-22-27-25(3)28/h1,5,13,15,17,19,22,24H2,2-3H3,(H,27,28)(H,29,30)/p-1. The topological polar surface area (TPSA) is 87.7 Å². The molecule has 0 rings (SSSR count). The summed E-state index contributed by atoms with van der Waals surface area (Å²) in [5, 5.41) is 2.68. The SMILES string of the molecule is C=C=C=C(C#CC#CC#CC#CC#CC#COP(=O)([O-])OCCCCCCNC(C)=O)CC. The lowest BCUT2D eigenvalue weighted by molar-refractivity contribution is -0.219. The first-order valence-electron chi connectivity index (χ1n) is 9.94. The van der Waals surface area contributed by atoms with E-state index in [1.807, 2.05) is 13.0 Å². The van der Waals surface area contributed by atoms with Gasteiger partial charge in [0.1, 0.15) is 6.11 Å². The number of rotatable bonds is 10. The summed E-state index contributed by atoms with van der Waals surface area (Å²) >= 11 is 0. The van der Waals surface area contributed by atoms with Crippen molar-refractivity contribution in [1.82, 2.24) is 5.32 Å². The van der Waals surface area contributed by atoms with Crippen LogP contribution >= 0.6 is 7.82 Å². The van der Waals surface area contributed by atoms with Gasteiger partial charge in [-0.3, -0.25) is 9.36 Å². The highest BCUT2D eigenvalue weighted by Gasteiger charge is 2.07. The van der Waals surface area contributed by atoms with Crippen molar-refractivity contribution in [2.45, 2.75) is 46.0 Å². The van der Waals surface area contributed by atoms with E-state index in [9.17, 15) is 14.3 Å². The highest BCUT2D eigenvalue weighted by molar-refractivity contribution is 7.46. The molecule has 0 saturated heterocycles. The predicted molar refractivity (Wildman–Crippen MR) is 125 cm³/mol. The predicted octanol–water partition coefficient (Wildman–Crippen LogP) is 2.44. The van der Waals surface area contributed by atoms with Crippen molar-refractivity contribution in [3.63, 3.8) is 0 Å². The van der Waals surface area contributed by atoms with Crippen LogP contribution in [0.15, 0.2) is 23.6 Å². The maximum atomic E-state index is 11.5. The van der Waals surface area contributed by atoms with Crippen molar-refractivity contribution in [3.8, 4) is 71.2 Å². The Morgan fingerprint density at radius 1 is 0.939 bits per heavy atom. The van der Waals surface area contributed by atoms with Crippen molar-refractivity contribution >= 4 is 13.7 Å². The van der Waals surface area contributed by atoms with Crippen LogP contribution in [0.4, 0.5) is 0 Å². The third-order valence-electron chi connectivity index (χ3n) is 3.27. The number of hydrogen-bond acceptors (Lipinski definition) is 5. The van der Waals surface area contributed by atoms with E-state index in [0.29, 0.717) is 19.4 Å². The van der Waals surface area contributed by atoms with Crippen LogP contribution in [0.5, 0.6) is 0 Å². The summed E-state index contributed by atoms with van der Waals surface area (Å²) in [6.07, 6.45) is 5.62. The third-order valence-corrected chi connectivity index (χ3v) is 4.09. The van der Waals surface area contributed by atoms with Gasteiger partial charge in [-0.15, -0.1) is 0 Å². The molecule has 0 heterocycles. The number of amides is 1. The Labute approximate surface area is 196 Å². The number of hydrogen-bond donors (Lipinski definition) is 1. The van der Waals surface area contributed by atoms with E-state index in [-0.39, 0.29) is 12.5 Å². The Morgan fingerprint density at radius 3 is 2.09 bits per heavy atom. The molecular formula is C26H23NO5P-. The van der Waals surface area contributed by atoms with Crippen LogP contribution < -0.4 is 10.2 Å². The Hall–Kier alpha value is -3.92. The molecule has 0 aromatic rings. The molecule has 0 spiro atoms. The molecule has 0 aromatic heterocycles. The number of allylic oxidation sites excluding steroid dienone is 1. The minimum absolute atomic E-state index is 0.00473. The number of carbonyl (C=O) groups is 1. The highest BCUT2D eigenvalue weighted by Crippen LogP contribution is 2.37. The van der Waals surface area contributed by atoms with Crippen LogP contribution in [0.25, 0.3) is 0 Å². The van der Waals surface area contributed by atoms with Crippen molar-refractivity contribution in [1.29, 1.82) is 0 Å². The van der Waals surface area contributed by atoms with Crippen molar-refractivity contribution in [2.24, 2.45) is 0 Å². The first kappa shape index (κ1) is 29.1. The van der Waals surface area contributed by atoms with Gasteiger partial charge in [0, 0.05) is 43.1 Å². The van der Waals surface area contributed by atoms with Gasteiger partial charge < -0.3 is 19.3 Å². The van der Waals surface area contributed by atoms with E-state index < -0.39 is 7.82 Å². The van der Waals surface area contributed by atoms with Gasteiger partial charge in [-0.05, 0) is 61.4 Å². The third kappa shape index (κ3) is 21.1. The summed E-state index contributed by atoms with van der Waals surface area (Å²) in [6, 6.07) is 0. The van der Waals surface area contributed by atoms with Crippen LogP contribution in [0.2, 0.25) is 0 Å². The lowest BCUT2D eigenvalue weighted by atomic mass is 10.2. The second-order valence-electron chi connectivity index (χ2n) is 5.88. The summed E-state index contributed by atoms with van der Waals surface area (Å²) in [4.78, 5) is 22.2. The Morgan fingerprint density at radius 2 is 1.52 bits per heavy atom. The van der Waals surface area contributed by atoms with E-state index in [1.165, 1.54) is 6.92 Å². The van der Waals surface area contributed by atoms with Gasteiger partial charge in [-0.25, -0.2) is 0 Å². The zero-order chi connectivity index (χ0) is 24.6. The Bertz CT molecular complexity index is 1180. The molecule has 1 amide bonds. The van der Waals surface area contributed by atoms with E-state index in [1.54, 1.807) is 0 Å². The largest absolute Gasteiger partial charge is 0.746 e. The fraction of sp³-hybridized carbons (Fsp3) is 0.346. The van der Waals surface area contributed by atoms with Gasteiger partial charge >= 0.3 is 7.82 Å². The molecule has 1 N–H and O–H groups in total. The molecule has 7 heteroatoms. The molecule has 0 aliphatic heterocycles. The quantitative estimate of drug-likeness (QED) is 0.234. The second kappa shape index (κ2) is 20.0. The van der Waals surface area contributed by atoms with Crippen molar-refractivity contribution < 1.29 is 23.3 Å². The van der Waals surface area contributed by atoms with Gasteiger partial charge in [0.25, 0.3) is 0 Å². The number of nitrogens with one attached hydrogen (secondary N) is 1. The van der Waals surface area contributed by atoms with Crippen LogP contribution in [-0.4, -0.2) is 19.1 Å². The van der Waals surface area contributed by atoms with E-state index in [4.69, 9.17) is 0 Å². The molecule has 1 unspecified atom stereocenters. The number of unbranched alkanes of at least 4 members (excludes halogenated alkanes) is 3. The normalized spacial score (nSPS) is 9.55. The molecule has 0 bridgehead atoms. The molecular weight excluding hydrogens is 437 g/mol. The van der Waals surface area contributed by atoms with Crippen molar-refractivity contribution in [3.05, 3.63) is 23.6 Å². The van der Waals surface area contributed by atoms with Gasteiger partial charge in [0.15, 0.2) is 0 Å². The minimum Gasteiger partial charge on any atom is -0.746 e. The van der Waals surface area contributed by atoms with Crippen LogP contribution in [-0.2, 0) is 18.4 Å². The van der Waals surface area contributed by atoms with Crippen LogP contribution in [0.3, 0.4) is 0 Å². The van der Waals surface area contributed by atoms with Gasteiger partial charge in [-0.2, -0.15) is 0 Å². The van der Waals surface area contributed by atoms with Gasteiger partial charge in [0.05, 0.1) is 12.2 Å². The molecule has 0 aliphatic carbocycles. The maximum absolute atomic E-state index is 11.5. The molecule has 0 fully saturated rings. The molecule has 0 radical (unpaired) electrons. The van der Waals surface area contributed by atoms with Crippen LogP contribution in [0, 0.1) is 71.2 Å². The molecule has 0 aromatic carbocycles. The number of carbonyl (C=O) groups excluding carboxylic acids is 1. The summed E-state index contributed by atoms with van der Waals surface area (Å²) in [5.74, 6) is 27.1. The lowest BCUT2D eigenvalue weighted by Crippen LogP contribution is -2.20. The highest BCUT2D eigenvalue weighted by atomic mass is 31.2. The molecule has 6 nitrogen and oxygen atoms in total. The summed E-state index contributed by atoms with van der Waals surface area (Å²) in [6.45, 7) is 7.42. The van der Waals surface area contributed by atoms with Crippen LogP contribution in [0.1, 0.15) is 46.0 Å².